The van der Waals surface area contributed by atoms with E-state index in [1.165, 1.54) is 4.90 Å². The summed E-state index contributed by atoms with van der Waals surface area (Å²) in [7, 11) is 1.68. The van der Waals surface area contributed by atoms with Gasteiger partial charge in [0.2, 0.25) is 0 Å². The first-order valence-corrected chi connectivity index (χ1v) is 9.74. The molecule has 1 heterocycles. The summed E-state index contributed by atoms with van der Waals surface area (Å²) in [5, 5.41) is 4.11. The van der Waals surface area contributed by atoms with Gasteiger partial charge in [0.25, 0.3) is 5.91 Å². The van der Waals surface area contributed by atoms with Gasteiger partial charge in [0, 0.05) is 28.3 Å². The van der Waals surface area contributed by atoms with Crippen molar-refractivity contribution in [3.63, 3.8) is 0 Å². The molecule has 0 bridgehead atoms. The Labute approximate surface area is 169 Å². The number of halogens is 2. The van der Waals surface area contributed by atoms with Crippen molar-refractivity contribution >= 4 is 34.8 Å². The molecule has 1 aliphatic rings. The van der Waals surface area contributed by atoms with E-state index in [9.17, 15) is 4.79 Å². The lowest BCUT2D eigenvalue weighted by atomic mass is 10.2. The molecule has 1 amide bonds. The number of rotatable bonds is 6. The standard InChI is InChI=1S/C20H23Cl2N3O2/c1-27-18-4-2-3-17(12-18)25-9-7-24(8-10-25)14-20(26)23-13-15-5-6-16(21)11-19(15)22/h2-6,11-12H,7-10,13-14H2,1H3,(H,23,26)/p+1. The van der Waals surface area contributed by atoms with Crippen LogP contribution in [0.1, 0.15) is 5.56 Å². The van der Waals surface area contributed by atoms with Gasteiger partial charge in [0.15, 0.2) is 6.54 Å². The van der Waals surface area contributed by atoms with Crippen LogP contribution in [0.4, 0.5) is 5.69 Å². The molecular weight excluding hydrogens is 385 g/mol. The highest BCUT2D eigenvalue weighted by molar-refractivity contribution is 6.35. The van der Waals surface area contributed by atoms with E-state index < -0.39 is 0 Å². The van der Waals surface area contributed by atoms with Gasteiger partial charge in [-0.1, -0.05) is 35.3 Å². The third kappa shape index (κ3) is 5.51. The highest BCUT2D eigenvalue weighted by Gasteiger charge is 2.22. The molecule has 0 atom stereocenters. The summed E-state index contributed by atoms with van der Waals surface area (Å²) in [5.41, 5.74) is 2.03. The number of carbonyl (C=O) groups excluding carboxylic acids is 1. The number of benzene rings is 2. The number of ether oxygens (including phenoxy) is 1. The number of amides is 1. The molecule has 0 spiro atoms. The third-order valence-electron chi connectivity index (χ3n) is 4.79. The molecule has 0 saturated carbocycles. The zero-order valence-corrected chi connectivity index (χ0v) is 16.8. The third-order valence-corrected chi connectivity index (χ3v) is 5.38. The minimum Gasteiger partial charge on any atom is -0.497 e. The van der Waals surface area contributed by atoms with Crippen LogP contribution in [0.5, 0.6) is 5.75 Å². The summed E-state index contributed by atoms with van der Waals surface area (Å²) >= 11 is 12.0. The van der Waals surface area contributed by atoms with Gasteiger partial charge in [-0.15, -0.1) is 0 Å². The number of hydrogen-bond acceptors (Lipinski definition) is 3. The summed E-state index contributed by atoms with van der Waals surface area (Å²) in [4.78, 5) is 15.9. The second-order valence-corrected chi connectivity index (χ2v) is 7.47. The summed E-state index contributed by atoms with van der Waals surface area (Å²) in [6, 6.07) is 13.4. The van der Waals surface area contributed by atoms with E-state index in [0.717, 1.165) is 43.2 Å². The minimum absolute atomic E-state index is 0.0332. The highest BCUT2D eigenvalue weighted by Crippen LogP contribution is 2.21. The van der Waals surface area contributed by atoms with Crippen LogP contribution in [-0.2, 0) is 11.3 Å². The lowest BCUT2D eigenvalue weighted by molar-refractivity contribution is -0.892. The summed E-state index contributed by atoms with van der Waals surface area (Å²) in [5.74, 6) is 0.897. The smallest absolute Gasteiger partial charge is 0.275 e. The van der Waals surface area contributed by atoms with E-state index in [1.54, 1.807) is 19.2 Å². The molecule has 144 valence electrons. The number of nitrogens with one attached hydrogen (secondary N) is 2. The molecule has 1 saturated heterocycles. The van der Waals surface area contributed by atoms with E-state index in [-0.39, 0.29) is 5.91 Å². The van der Waals surface area contributed by atoms with Gasteiger partial charge in [-0.2, -0.15) is 0 Å². The maximum absolute atomic E-state index is 12.3. The van der Waals surface area contributed by atoms with Gasteiger partial charge < -0.3 is 19.9 Å². The molecular formula is C20H24Cl2N3O2+. The lowest BCUT2D eigenvalue weighted by Crippen LogP contribution is -3.15. The first-order chi connectivity index (χ1) is 13.0. The molecule has 1 aliphatic heterocycles. The van der Waals surface area contributed by atoms with Crippen molar-refractivity contribution < 1.29 is 14.4 Å². The average molecular weight is 409 g/mol. The van der Waals surface area contributed by atoms with Crippen molar-refractivity contribution in [2.24, 2.45) is 0 Å². The fraction of sp³-hybridized carbons (Fsp3) is 0.350. The van der Waals surface area contributed by atoms with Gasteiger partial charge in [0.1, 0.15) is 5.75 Å². The second kappa shape index (κ2) is 9.31. The van der Waals surface area contributed by atoms with Crippen LogP contribution >= 0.6 is 23.2 Å². The Balaban J connectivity index is 1.45. The number of nitrogens with zero attached hydrogens (tertiary/aromatic N) is 1. The Hall–Kier alpha value is -1.95. The number of hydrogen-bond donors (Lipinski definition) is 2. The van der Waals surface area contributed by atoms with Gasteiger partial charge in [-0.25, -0.2) is 0 Å². The number of anilines is 1. The van der Waals surface area contributed by atoms with E-state index in [1.807, 2.05) is 24.3 Å². The normalized spacial score (nSPS) is 14.9. The average Bonchev–Trinajstić information content (AvgIpc) is 2.68. The van der Waals surface area contributed by atoms with E-state index in [2.05, 4.69) is 16.3 Å². The van der Waals surface area contributed by atoms with Crippen LogP contribution in [0.25, 0.3) is 0 Å². The number of piperazine rings is 1. The second-order valence-electron chi connectivity index (χ2n) is 6.63. The summed E-state index contributed by atoms with van der Waals surface area (Å²) < 4.78 is 5.30. The van der Waals surface area contributed by atoms with Crippen LogP contribution in [0.3, 0.4) is 0 Å². The first-order valence-electron chi connectivity index (χ1n) is 8.98. The van der Waals surface area contributed by atoms with Gasteiger partial charge in [-0.05, 0) is 29.8 Å². The van der Waals surface area contributed by atoms with Crippen molar-refractivity contribution in [2.45, 2.75) is 6.54 Å². The summed E-state index contributed by atoms with van der Waals surface area (Å²) in [6.45, 7) is 4.56. The van der Waals surface area contributed by atoms with Crippen LogP contribution < -0.4 is 19.9 Å². The summed E-state index contributed by atoms with van der Waals surface area (Å²) in [6.07, 6.45) is 0. The zero-order valence-electron chi connectivity index (χ0n) is 15.3. The number of carbonyl (C=O) groups is 1. The SMILES string of the molecule is COc1cccc(N2CC[NH+](CC(=O)NCc3ccc(Cl)cc3Cl)CC2)c1. The Morgan fingerprint density at radius 2 is 1.96 bits per heavy atom. The fourth-order valence-corrected chi connectivity index (χ4v) is 3.69. The predicted molar refractivity (Wildman–Crippen MR) is 109 cm³/mol. The van der Waals surface area contributed by atoms with Crippen molar-refractivity contribution in [3.8, 4) is 5.75 Å². The molecule has 1 fully saturated rings. The van der Waals surface area contributed by atoms with Crippen molar-refractivity contribution in [1.82, 2.24) is 5.32 Å². The molecule has 0 radical (unpaired) electrons. The quantitative estimate of drug-likeness (QED) is 0.768. The number of methoxy groups -OCH3 is 1. The van der Waals surface area contributed by atoms with E-state index in [4.69, 9.17) is 27.9 Å². The maximum atomic E-state index is 12.3. The van der Waals surface area contributed by atoms with Crippen molar-refractivity contribution in [1.29, 1.82) is 0 Å². The molecule has 2 N–H and O–H groups in total. The van der Waals surface area contributed by atoms with Gasteiger partial charge >= 0.3 is 0 Å². The molecule has 0 aliphatic carbocycles. The van der Waals surface area contributed by atoms with E-state index >= 15 is 0 Å². The molecule has 2 aromatic carbocycles. The minimum atomic E-state index is 0.0332. The number of quaternary nitrogens is 1. The first kappa shape index (κ1) is 19.8. The monoisotopic (exact) mass is 408 g/mol. The molecule has 2 aromatic rings. The molecule has 5 nitrogen and oxygen atoms in total. The molecule has 0 unspecified atom stereocenters. The Morgan fingerprint density at radius 1 is 1.19 bits per heavy atom. The van der Waals surface area contributed by atoms with Crippen molar-refractivity contribution in [3.05, 3.63) is 58.1 Å². The Kier molecular flexibility index (Phi) is 6.83. The van der Waals surface area contributed by atoms with Gasteiger partial charge in [-0.3, -0.25) is 4.79 Å². The van der Waals surface area contributed by atoms with Crippen LogP contribution in [0.15, 0.2) is 42.5 Å². The predicted octanol–water partition coefficient (Wildman–Crippen LogP) is 2.02. The van der Waals surface area contributed by atoms with E-state index in [0.29, 0.717) is 23.1 Å². The molecule has 27 heavy (non-hydrogen) atoms. The highest BCUT2D eigenvalue weighted by atomic mass is 35.5. The van der Waals surface area contributed by atoms with Gasteiger partial charge in [0.05, 0.1) is 33.3 Å². The largest absolute Gasteiger partial charge is 0.497 e. The lowest BCUT2D eigenvalue weighted by Gasteiger charge is -2.33. The fourth-order valence-electron chi connectivity index (χ4n) is 3.21. The zero-order chi connectivity index (χ0) is 19.2. The van der Waals surface area contributed by atoms with Crippen LogP contribution in [0.2, 0.25) is 10.0 Å². The maximum Gasteiger partial charge on any atom is 0.275 e. The Morgan fingerprint density at radius 3 is 2.67 bits per heavy atom. The Bertz CT molecular complexity index is 793. The topological polar surface area (TPSA) is 46.0 Å². The molecule has 0 aromatic heterocycles. The van der Waals surface area contributed by atoms with Crippen LogP contribution in [0, 0.1) is 0 Å². The van der Waals surface area contributed by atoms with Crippen molar-refractivity contribution in [2.75, 3.05) is 44.7 Å². The molecule has 3 rings (SSSR count). The molecule has 7 heteroatoms. The van der Waals surface area contributed by atoms with Crippen LogP contribution in [-0.4, -0.2) is 45.7 Å².